The van der Waals surface area contributed by atoms with Crippen molar-refractivity contribution in [2.45, 2.75) is 0 Å². The molecule has 1 aromatic rings. The van der Waals surface area contributed by atoms with Gasteiger partial charge >= 0.3 is 0 Å². The van der Waals surface area contributed by atoms with Crippen molar-refractivity contribution in [3.05, 3.63) is 30.1 Å². The summed E-state index contributed by atoms with van der Waals surface area (Å²) in [6.45, 7) is -0.171. The van der Waals surface area contributed by atoms with Crippen LogP contribution in [0.2, 0.25) is 0 Å². The predicted octanol–water partition coefficient (Wildman–Crippen LogP) is -0.703. The number of hydrogen-bond acceptors (Lipinski definition) is 3. The molecular weight excluding hydrogens is 170 g/mol. The van der Waals surface area contributed by atoms with E-state index < -0.39 is 11.8 Å². The number of carbonyl (C=O) groups excluding carboxylic acids is 2. The molecule has 13 heavy (non-hydrogen) atoms. The second kappa shape index (κ2) is 4.20. The molecule has 0 fully saturated rings. The van der Waals surface area contributed by atoms with Crippen molar-refractivity contribution >= 4 is 11.8 Å². The van der Waals surface area contributed by atoms with E-state index in [1.54, 1.807) is 18.2 Å². The summed E-state index contributed by atoms with van der Waals surface area (Å²) < 4.78 is 0. The van der Waals surface area contributed by atoms with Crippen LogP contribution in [-0.4, -0.2) is 23.3 Å². The van der Waals surface area contributed by atoms with Crippen molar-refractivity contribution in [3.63, 3.8) is 0 Å². The Morgan fingerprint density at radius 1 is 1.46 bits per heavy atom. The van der Waals surface area contributed by atoms with E-state index in [0.717, 1.165) is 0 Å². The summed E-state index contributed by atoms with van der Waals surface area (Å²) in [4.78, 5) is 25.3. The number of amides is 2. The number of nitrogens with two attached hydrogens (primary N) is 1. The molecule has 0 spiro atoms. The van der Waals surface area contributed by atoms with Crippen LogP contribution in [0.25, 0.3) is 0 Å². The van der Waals surface area contributed by atoms with Gasteiger partial charge in [-0.25, -0.2) is 0 Å². The summed E-state index contributed by atoms with van der Waals surface area (Å²) in [6, 6.07) is 4.94. The van der Waals surface area contributed by atoms with Crippen molar-refractivity contribution in [1.82, 2.24) is 10.3 Å². The van der Waals surface area contributed by atoms with Crippen LogP contribution in [0.3, 0.4) is 0 Å². The molecule has 0 saturated carbocycles. The molecule has 0 bridgehead atoms. The van der Waals surface area contributed by atoms with Crippen molar-refractivity contribution in [3.8, 4) is 0 Å². The molecule has 2 amide bonds. The molecule has 1 heterocycles. The van der Waals surface area contributed by atoms with E-state index in [0.29, 0.717) is 0 Å². The van der Waals surface area contributed by atoms with E-state index in [2.05, 4.69) is 10.3 Å². The van der Waals surface area contributed by atoms with E-state index in [1.807, 2.05) is 0 Å². The maximum Gasteiger partial charge on any atom is 0.270 e. The van der Waals surface area contributed by atoms with Gasteiger partial charge < -0.3 is 11.1 Å². The number of nitrogens with one attached hydrogen (secondary N) is 1. The minimum atomic E-state index is -0.579. The van der Waals surface area contributed by atoms with Gasteiger partial charge in [0.1, 0.15) is 5.69 Å². The lowest BCUT2D eigenvalue weighted by atomic mass is 10.3. The molecule has 0 radical (unpaired) electrons. The quantitative estimate of drug-likeness (QED) is 0.643. The lowest BCUT2D eigenvalue weighted by molar-refractivity contribution is -0.117. The Hall–Kier alpha value is -1.91. The maximum absolute atomic E-state index is 11.2. The van der Waals surface area contributed by atoms with Crippen LogP contribution in [-0.2, 0) is 4.79 Å². The van der Waals surface area contributed by atoms with Crippen molar-refractivity contribution in [2.24, 2.45) is 5.73 Å². The summed E-state index contributed by atoms with van der Waals surface area (Å²) in [5.74, 6) is -0.983. The molecule has 0 aromatic carbocycles. The molecule has 0 aliphatic carbocycles. The van der Waals surface area contributed by atoms with Gasteiger partial charge in [0.25, 0.3) is 5.91 Å². The highest BCUT2D eigenvalue weighted by atomic mass is 16.2. The van der Waals surface area contributed by atoms with Gasteiger partial charge in [0, 0.05) is 6.20 Å². The number of pyridine rings is 1. The highest BCUT2D eigenvalue weighted by Crippen LogP contribution is 1.91. The maximum atomic E-state index is 11.2. The molecule has 0 atom stereocenters. The molecule has 5 nitrogen and oxygen atoms in total. The molecule has 0 saturated heterocycles. The summed E-state index contributed by atoms with van der Waals surface area (Å²) in [6.07, 6.45) is 1.50. The molecular formula is C8H9N3O2. The van der Waals surface area contributed by atoms with Crippen LogP contribution in [0, 0.1) is 0 Å². The monoisotopic (exact) mass is 179 g/mol. The van der Waals surface area contributed by atoms with Gasteiger partial charge in [-0.2, -0.15) is 0 Å². The van der Waals surface area contributed by atoms with Gasteiger partial charge in [-0.1, -0.05) is 6.07 Å². The van der Waals surface area contributed by atoms with Gasteiger partial charge in [0.15, 0.2) is 0 Å². The highest BCUT2D eigenvalue weighted by Gasteiger charge is 2.05. The second-order valence-corrected chi connectivity index (χ2v) is 2.36. The standard InChI is InChI=1S/C8H9N3O2/c9-7(12)5-11-8(13)6-3-1-2-4-10-6/h1-4H,5H2,(H2,9,12)(H,11,13). The lowest BCUT2D eigenvalue weighted by Crippen LogP contribution is -2.33. The fourth-order valence-electron chi connectivity index (χ4n) is 0.755. The zero-order valence-electron chi connectivity index (χ0n) is 6.86. The molecule has 68 valence electrons. The van der Waals surface area contributed by atoms with E-state index >= 15 is 0 Å². The van der Waals surface area contributed by atoms with Crippen molar-refractivity contribution in [2.75, 3.05) is 6.54 Å². The number of hydrogen-bond donors (Lipinski definition) is 2. The summed E-state index contributed by atoms with van der Waals surface area (Å²) in [5, 5.41) is 2.32. The molecule has 1 rings (SSSR count). The largest absolute Gasteiger partial charge is 0.368 e. The predicted molar refractivity (Wildman–Crippen MR) is 45.8 cm³/mol. The Labute approximate surface area is 75.0 Å². The fourth-order valence-corrected chi connectivity index (χ4v) is 0.755. The van der Waals surface area contributed by atoms with Crippen LogP contribution < -0.4 is 11.1 Å². The third-order valence-electron chi connectivity index (χ3n) is 1.32. The normalized spacial score (nSPS) is 9.23. The summed E-state index contributed by atoms with van der Waals surface area (Å²) in [5.41, 5.74) is 5.11. The summed E-state index contributed by atoms with van der Waals surface area (Å²) >= 11 is 0. The smallest absolute Gasteiger partial charge is 0.270 e. The van der Waals surface area contributed by atoms with E-state index in [-0.39, 0.29) is 12.2 Å². The Balaban J connectivity index is 2.54. The zero-order valence-corrected chi connectivity index (χ0v) is 6.86. The van der Waals surface area contributed by atoms with Crippen LogP contribution >= 0.6 is 0 Å². The first-order valence-corrected chi connectivity index (χ1v) is 3.67. The van der Waals surface area contributed by atoms with Gasteiger partial charge in [0.2, 0.25) is 5.91 Å². The fraction of sp³-hybridized carbons (Fsp3) is 0.125. The first kappa shape index (κ1) is 9.18. The molecule has 0 aliphatic heterocycles. The van der Waals surface area contributed by atoms with Crippen molar-refractivity contribution < 1.29 is 9.59 Å². The van der Waals surface area contributed by atoms with E-state index in [9.17, 15) is 9.59 Å². The third kappa shape index (κ3) is 2.90. The number of rotatable bonds is 3. The number of primary amides is 1. The molecule has 3 N–H and O–H groups in total. The van der Waals surface area contributed by atoms with Crippen LogP contribution in [0.4, 0.5) is 0 Å². The Morgan fingerprint density at radius 2 is 2.23 bits per heavy atom. The average Bonchev–Trinajstić information content (AvgIpc) is 2.15. The minimum Gasteiger partial charge on any atom is -0.368 e. The van der Waals surface area contributed by atoms with Gasteiger partial charge in [-0.3, -0.25) is 14.6 Å². The molecule has 5 heteroatoms. The van der Waals surface area contributed by atoms with Crippen LogP contribution in [0.5, 0.6) is 0 Å². The van der Waals surface area contributed by atoms with Gasteiger partial charge in [-0.05, 0) is 12.1 Å². The molecule has 1 aromatic heterocycles. The number of carbonyl (C=O) groups is 2. The highest BCUT2D eigenvalue weighted by molar-refractivity contribution is 5.94. The van der Waals surface area contributed by atoms with Crippen LogP contribution in [0.15, 0.2) is 24.4 Å². The van der Waals surface area contributed by atoms with Crippen LogP contribution in [0.1, 0.15) is 10.5 Å². The molecule has 0 aliphatic rings. The topological polar surface area (TPSA) is 85.1 Å². The number of nitrogens with zero attached hydrogens (tertiary/aromatic N) is 1. The number of aromatic nitrogens is 1. The first-order valence-electron chi connectivity index (χ1n) is 3.67. The van der Waals surface area contributed by atoms with E-state index in [4.69, 9.17) is 5.73 Å². The Morgan fingerprint density at radius 3 is 2.77 bits per heavy atom. The zero-order chi connectivity index (χ0) is 9.68. The second-order valence-electron chi connectivity index (χ2n) is 2.36. The third-order valence-corrected chi connectivity index (χ3v) is 1.32. The average molecular weight is 179 g/mol. The molecule has 0 unspecified atom stereocenters. The Kier molecular flexibility index (Phi) is 2.97. The van der Waals surface area contributed by atoms with Crippen molar-refractivity contribution in [1.29, 1.82) is 0 Å². The van der Waals surface area contributed by atoms with Gasteiger partial charge in [0.05, 0.1) is 6.54 Å². The van der Waals surface area contributed by atoms with Gasteiger partial charge in [-0.15, -0.1) is 0 Å². The Bertz CT molecular complexity index is 310. The SMILES string of the molecule is NC(=O)CNC(=O)c1ccccn1. The summed E-state index contributed by atoms with van der Waals surface area (Å²) in [7, 11) is 0. The minimum absolute atomic E-state index is 0.171. The lowest BCUT2D eigenvalue weighted by Gasteiger charge is -2.00. The first-order chi connectivity index (χ1) is 6.20. The van der Waals surface area contributed by atoms with E-state index in [1.165, 1.54) is 6.20 Å².